The van der Waals surface area contributed by atoms with Crippen LogP contribution in [0.4, 0.5) is 0 Å². The van der Waals surface area contributed by atoms with E-state index >= 15 is 0 Å². The summed E-state index contributed by atoms with van der Waals surface area (Å²) in [7, 11) is 0. The van der Waals surface area contributed by atoms with Crippen LogP contribution in [0.15, 0.2) is 108 Å². The molecule has 257 valence electrons. The molecule has 0 N–H and O–H groups in total. The molecule has 1 aliphatic carbocycles. The normalized spacial score (nSPS) is 13.5. The van der Waals surface area contributed by atoms with Crippen molar-refractivity contribution in [3.05, 3.63) is 127 Å². The Labute approximate surface area is 313 Å². The Bertz CT molecular complexity index is 2230. The monoisotopic (exact) mass is 897 g/mol. The molecule has 8 rings (SSSR count). The Morgan fingerprint density at radius 1 is 0.820 bits per heavy atom. The van der Waals surface area contributed by atoms with Crippen LogP contribution >= 0.6 is 0 Å². The fraction of sp³-hybridized carbons (Fsp3) is 0.289. The van der Waals surface area contributed by atoms with Gasteiger partial charge in [-0.2, -0.15) is 0 Å². The largest absolute Gasteiger partial charge is 0.501 e. The fourth-order valence-corrected chi connectivity index (χ4v) is 10.7. The number of furan rings is 1. The van der Waals surface area contributed by atoms with Gasteiger partial charge >= 0.3 is 148 Å². The van der Waals surface area contributed by atoms with Crippen LogP contribution in [0.3, 0.4) is 0 Å². The SMILES string of the molecule is CC(C)Cc1cc(-c2[c-]cc3ccccc3c2)nc[c]1[Ge]([CH3])([CH3])[CH3].[Ir].[c-]1ccc2c(oc3ccccc32)c1-c1cc(CC2CCCC2)ccn1. The second kappa shape index (κ2) is 15.8. The predicted octanol–water partition coefficient (Wildman–Crippen LogP) is 11.6. The van der Waals surface area contributed by atoms with E-state index in [-0.39, 0.29) is 20.1 Å². The molecule has 4 aromatic carbocycles. The van der Waals surface area contributed by atoms with Crippen LogP contribution in [0.1, 0.15) is 50.7 Å². The maximum Gasteiger partial charge on any atom is 0.120 e. The number of para-hydroxylation sites is 1. The molecule has 0 saturated heterocycles. The summed E-state index contributed by atoms with van der Waals surface area (Å²) in [5.41, 5.74) is 8.72. The van der Waals surface area contributed by atoms with Gasteiger partial charge < -0.3 is 9.40 Å². The van der Waals surface area contributed by atoms with E-state index in [9.17, 15) is 0 Å². The van der Waals surface area contributed by atoms with Crippen LogP contribution in [-0.4, -0.2) is 23.2 Å². The molecule has 3 aromatic heterocycles. The Hall–Kier alpha value is -3.57. The van der Waals surface area contributed by atoms with E-state index in [1.54, 1.807) is 0 Å². The van der Waals surface area contributed by atoms with E-state index in [4.69, 9.17) is 9.40 Å². The number of hydrogen-bond acceptors (Lipinski definition) is 3. The van der Waals surface area contributed by atoms with Crippen molar-refractivity contribution < 1.29 is 24.5 Å². The van der Waals surface area contributed by atoms with Gasteiger partial charge in [0.2, 0.25) is 0 Å². The van der Waals surface area contributed by atoms with Gasteiger partial charge in [-0.1, -0.05) is 66.5 Å². The van der Waals surface area contributed by atoms with Crippen LogP contribution in [0, 0.1) is 24.0 Å². The summed E-state index contributed by atoms with van der Waals surface area (Å²) in [5.74, 6) is 8.83. The smallest absolute Gasteiger partial charge is 0.120 e. The number of rotatable bonds is 7. The maximum absolute atomic E-state index is 6.14. The minimum atomic E-state index is -1.91. The quantitative estimate of drug-likeness (QED) is 0.118. The number of hydrogen-bond donors (Lipinski definition) is 0. The number of pyridine rings is 2. The van der Waals surface area contributed by atoms with Gasteiger partial charge in [-0.25, -0.2) is 0 Å². The summed E-state index contributed by atoms with van der Waals surface area (Å²) in [4.78, 5) is 9.42. The molecule has 3 heterocycles. The fourth-order valence-electron chi connectivity index (χ4n) is 7.37. The van der Waals surface area contributed by atoms with Crippen LogP contribution in [0.5, 0.6) is 0 Å². The van der Waals surface area contributed by atoms with Gasteiger partial charge in [0, 0.05) is 31.7 Å². The summed E-state index contributed by atoms with van der Waals surface area (Å²) in [6, 6.07) is 38.4. The van der Waals surface area contributed by atoms with Crippen LogP contribution in [0.25, 0.3) is 55.2 Å². The molecule has 1 fully saturated rings. The zero-order valence-corrected chi connectivity index (χ0v) is 34.3. The standard InChI is InChI=1S/C23H20NO.C22H26GeN.Ir/c1-2-7-16(6-1)14-17-12-13-24-21(15-17)20-10-5-9-19-18-8-3-4-11-22(18)25-23(19)20;1-16(2)12-20-14-22(24-15-21(20)23(3,4)5)19-11-10-17-8-6-7-9-18(17)13-19;/h3-5,8-9,11-13,15-16H,1-2,6-7,14H2;6-10,13-16H,12H2,1-5H3;/q2*-1;. The van der Waals surface area contributed by atoms with Gasteiger partial charge in [-0.15, -0.1) is 18.2 Å². The molecule has 1 aliphatic rings. The van der Waals surface area contributed by atoms with E-state index < -0.39 is 13.3 Å². The van der Waals surface area contributed by atoms with Crippen molar-refractivity contribution in [3.63, 3.8) is 0 Å². The minimum Gasteiger partial charge on any atom is -0.501 e. The topological polar surface area (TPSA) is 38.9 Å². The maximum atomic E-state index is 6.14. The minimum absolute atomic E-state index is 0. The first-order valence-electron chi connectivity index (χ1n) is 17.9. The third-order valence-electron chi connectivity index (χ3n) is 9.80. The van der Waals surface area contributed by atoms with Crippen LogP contribution in [-0.2, 0) is 32.9 Å². The summed E-state index contributed by atoms with van der Waals surface area (Å²) in [5, 5.41) is 4.75. The number of aromatic nitrogens is 2. The molecule has 0 aliphatic heterocycles. The zero-order valence-electron chi connectivity index (χ0n) is 29.8. The third-order valence-corrected chi connectivity index (χ3v) is 14.1. The van der Waals surface area contributed by atoms with E-state index in [0.717, 1.165) is 63.2 Å². The number of benzene rings is 4. The van der Waals surface area contributed by atoms with Crippen LogP contribution in [0.2, 0.25) is 17.3 Å². The van der Waals surface area contributed by atoms with Crippen molar-refractivity contribution in [1.29, 1.82) is 0 Å². The second-order valence-electron chi connectivity index (χ2n) is 15.1. The summed E-state index contributed by atoms with van der Waals surface area (Å²) in [6.07, 6.45) is 11.9. The molecule has 0 atom stereocenters. The van der Waals surface area contributed by atoms with E-state index in [1.807, 2.05) is 30.5 Å². The summed E-state index contributed by atoms with van der Waals surface area (Å²) >= 11 is -1.91. The molecule has 0 bridgehead atoms. The molecule has 5 heteroatoms. The Balaban J connectivity index is 0.000000170. The average Bonchev–Trinajstić information content (AvgIpc) is 3.75. The van der Waals surface area contributed by atoms with E-state index in [2.05, 4.69) is 121 Å². The van der Waals surface area contributed by atoms with E-state index in [1.165, 1.54) is 52.0 Å². The Morgan fingerprint density at radius 2 is 1.58 bits per heavy atom. The van der Waals surface area contributed by atoms with Crippen LogP contribution < -0.4 is 4.40 Å². The molecule has 1 radical (unpaired) electrons. The zero-order chi connectivity index (χ0) is 34.0. The molecule has 1 saturated carbocycles. The first kappa shape index (κ1) is 36.2. The van der Waals surface area contributed by atoms with E-state index in [0.29, 0.717) is 5.92 Å². The number of fused-ring (bicyclic) bond motifs is 4. The second-order valence-corrected chi connectivity index (χ2v) is 25.7. The summed E-state index contributed by atoms with van der Waals surface area (Å²) < 4.78 is 7.68. The first-order chi connectivity index (χ1) is 23.7. The van der Waals surface area contributed by atoms with Crippen molar-refractivity contribution >= 4 is 50.4 Å². The Kier molecular flexibility index (Phi) is 11.4. The molecule has 7 aromatic rings. The summed E-state index contributed by atoms with van der Waals surface area (Å²) in [6.45, 7) is 4.59. The molecule has 0 spiro atoms. The first-order valence-corrected chi connectivity index (χ1v) is 25.2. The van der Waals surface area contributed by atoms with Crippen molar-refractivity contribution in [2.45, 2.75) is 69.6 Å². The molecule has 0 unspecified atom stereocenters. The van der Waals surface area contributed by atoms with Crippen molar-refractivity contribution in [2.75, 3.05) is 0 Å². The molecular formula is C45H46GeIrN2O-2. The van der Waals surface area contributed by atoms with Gasteiger partial charge in [-0.3, -0.25) is 0 Å². The molecular weight excluding hydrogens is 849 g/mol. The molecule has 0 amide bonds. The van der Waals surface area contributed by atoms with Gasteiger partial charge in [0.05, 0.1) is 5.58 Å². The Morgan fingerprint density at radius 3 is 2.36 bits per heavy atom. The van der Waals surface area contributed by atoms with Crippen molar-refractivity contribution in [1.82, 2.24) is 9.97 Å². The van der Waals surface area contributed by atoms with Gasteiger partial charge in [-0.05, 0) is 30.2 Å². The average molecular weight is 896 g/mol. The van der Waals surface area contributed by atoms with Gasteiger partial charge in [0.25, 0.3) is 0 Å². The molecule has 3 nitrogen and oxygen atoms in total. The van der Waals surface area contributed by atoms with Gasteiger partial charge in [0.1, 0.15) is 5.58 Å². The predicted molar refractivity (Wildman–Crippen MR) is 209 cm³/mol. The molecule has 50 heavy (non-hydrogen) atoms. The number of nitrogens with zero attached hydrogens (tertiary/aromatic N) is 2. The third kappa shape index (κ3) is 8.15. The van der Waals surface area contributed by atoms with Gasteiger partial charge in [0.15, 0.2) is 0 Å². The van der Waals surface area contributed by atoms with Crippen molar-refractivity contribution in [3.8, 4) is 22.5 Å². The van der Waals surface area contributed by atoms with Crippen molar-refractivity contribution in [2.24, 2.45) is 11.8 Å².